The molecule has 0 spiro atoms. The van der Waals surface area contributed by atoms with E-state index in [1.54, 1.807) is 50.4 Å². The lowest BCUT2D eigenvalue weighted by Gasteiger charge is -2.38. The second kappa shape index (κ2) is 8.08. The van der Waals surface area contributed by atoms with Crippen molar-refractivity contribution in [1.82, 2.24) is 0 Å². The first kappa shape index (κ1) is 20.4. The largest absolute Gasteiger partial charge is 0.497 e. The van der Waals surface area contributed by atoms with Crippen LogP contribution in [0, 0.1) is 0 Å². The molecular formula is C22H22O8. The van der Waals surface area contributed by atoms with Crippen LogP contribution in [-0.2, 0) is 4.74 Å². The number of ether oxygens (including phenoxy) is 3. The molecular weight excluding hydrogens is 392 g/mol. The summed E-state index contributed by atoms with van der Waals surface area (Å²) in [6.07, 6.45) is -4.57. The number of methoxy groups -OCH3 is 1. The molecule has 0 radical (unpaired) electrons. The second-order valence-corrected chi connectivity index (χ2v) is 7.16. The number of hydrogen-bond acceptors (Lipinski definition) is 8. The summed E-state index contributed by atoms with van der Waals surface area (Å²) in [5, 5.41) is 30.2. The van der Waals surface area contributed by atoms with Gasteiger partial charge in [-0.2, -0.15) is 0 Å². The summed E-state index contributed by atoms with van der Waals surface area (Å²) in [5.41, 5.74) is 1.21. The molecule has 2 aromatic carbocycles. The summed E-state index contributed by atoms with van der Waals surface area (Å²) in [5.74, 6) is 0.965. The zero-order chi connectivity index (χ0) is 21.4. The Morgan fingerprint density at radius 2 is 1.63 bits per heavy atom. The standard InChI is InChI=1S/C22H22O8/c1-11-18(23)20(25)21(26)22(29-11)30-14-7-8-15-17(9-14)28-10-16(19(15)24)12-3-5-13(27-2)6-4-12/h3-11,18,20-23,25-26H,1-2H3/t11?,18-,20-,21?,22-/m0/s1. The van der Waals surface area contributed by atoms with Crippen molar-refractivity contribution in [2.45, 2.75) is 37.6 Å². The van der Waals surface area contributed by atoms with Crippen LogP contribution in [0.3, 0.4) is 0 Å². The summed E-state index contributed by atoms with van der Waals surface area (Å²) < 4.78 is 21.8. The lowest BCUT2D eigenvalue weighted by atomic mass is 10.00. The summed E-state index contributed by atoms with van der Waals surface area (Å²) >= 11 is 0. The van der Waals surface area contributed by atoms with Crippen molar-refractivity contribution < 1.29 is 33.9 Å². The van der Waals surface area contributed by atoms with Gasteiger partial charge in [0.25, 0.3) is 0 Å². The van der Waals surface area contributed by atoms with Crippen LogP contribution in [-0.4, -0.2) is 53.1 Å². The van der Waals surface area contributed by atoms with Gasteiger partial charge in [0.05, 0.1) is 24.2 Å². The molecule has 1 fully saturated rings. The van der Waals surface area contributed by atoms with Crippen LogP contribution in [0.5, 0.6) is 11.5 Å². The number of fused-ring (bicyclic) bond motifs is 1. The average Bonchev–Trinajstić information content (AvgIpc) is 2.76. The first-order valence-electron chi connectivity index (χ1n) is 9.45. The first-order valence-corrected chi connectivity index (χ1v) is 9.45. The van der Waals surface area contributed by atoms with Gasteiger partial charge in [0.1, 0.15) is 41.7 Å². The Morgan fingerprint density at radius 1 is 0.933 bits per heavy atom. The molecule has 1 aromatic heterocycles. The van der Waals surface area contributed by atoms with Gasteiger partial charge in [-0.05, 0) is 36.8 Å². The van der Waals surface area contributed by atoms with E-state index in [1.165, 1.54) is 12.3 Å². The van der Waals surface area contributed by atoms with Gasteiger partial charge in [-0.15, -0.1) is 0 Å². The Labute approximate surface area is 171 Å². The lowest BCUT2D eigenvalue weighted by Crippen LogP contribution is -2.58. The van der Waals surface area contributed by atoms with E-state index in [-0.39, 0.29) is 11.2 Å². The fourth-order valence-electron chi connectivity index (χ4n) is 3.40. The summed E-state index contributed by atoms with van der Waals surface area (Å²) in [4.78, 5) is 12.9. The smallest absolute Gasteiger partial charge is 0.229 e. The Kier molecular flexibility index (Phi) is 5.48. The van der Waals surface area contributed by atoms with Gasteiger partial charge in [0.15, 0.2) is 5.43 Å². The molecule has 8 heteroatoms. The molecule has 0 bridgehead atoms. The van der Waals surface area contributed by atoms with Crippen molar-refractivity contribution in [3.63, 3.8) is 0 Å². The van der Waals surface area contributed by atoms with Gasteiger partial charge in [0, 0.05) is 6.07 Å². The molecule has 0 saturated carbocycles. The molecule has 1 aliphatic rings. The second-order valence-electron chi connectivity index (χ2n) is 7.16. The highest BCUT2D eigenvalue weighted by Crippen LogP contribution is 2.27. The third-order valence-corrected chi connectivity index (χ3v) is 5.21. The van der Waals surface area contributed by atoms with Crippen molar-refractivity contribution in [3.8, 4) is 22.6 Å². The molecule has 8 nitrogen and oxygen atoms in total. The molecule has 2 heterocycles. The fourth-order valence-corrected chi connectivity index (χ4v) is 3.40. The predicted octanol–water partition coefficient (Wildman–Crippen LogP) is 1.67. The molecule has 5 atom stereocenters. The van der Waals surface area contributed by atoms with E-state index in [9.17, 15) is 20.1 Å². The minimum atomic E-state index is -1.43. The minimum Gasteiger partial charge on any atom is -0.497 e. The quantitative estimate of drug-likeness (QED) is 0.590. The van der Waals surface area contributed by atoms with Gasteiger partial charge in [-0.1, -0.05) is 12.1 Å². The molecule has 1 saturated heterocycles. The zero-order valence-electron chi connectivity index (χ0n) is 16.4. The van der Waals surface area contributed by atoms with Gasteiger partial charge in [0.2, 0.25) is 6.29 Å². The van der Waals surface area contributed by atoms with Crippen LogP contribution in [0.1, 0.15) is 6.92 Å². The van der Waals surface area contributed by atoms with Gasteiger partial charge in [-0.25, -0.2) is 0 Å². The summed E-state index contributed by atoms with van der Waals surface area (Å²) in [7, 11) is 1.57. The van der Waals surface area contributed by atoms with Crippen LogP contribution >= 0.6 is 0 Å². The zero-order valence-corrected chi connectivity index (χ0v) is 16.4. The minimum absolute atomic E-state index is 0.200. The van der Waals surface area contributed by atoms with E-state index in [0.29, 0.717) is 27.8 Å². The van der Waals surface area contributed by atoms with Crippen molar-refractivity contribution in [3.05, 3.63) is 59.0 Å². The van der Waals surface area contributed by atoms with E-state index < -0.39 is 30.7 Å². The molecule has 30 heavy (non-hydrogen) atoms. The molecule has 0 aliphatic carbocycles. The van der Waals surface area contributed by atoms with Gasteiger partial charge < -0.3 is 33.9 Å². The van der Waals surface area contributed by atoms with Crippen LogP contribution in [0.15, 0.2) is 57.9 Å². The maximum Gasteiger partial charge on any atom is 0.229 e. The maximum absolute atomic E-state index is 12.9. The average molecular weight is 414 g/mol. The van der Waals surface area contributed by atoms with E-state index in [1.807, 2.05) is 0 Å². The van der Waals surface area contributed by atoms with Crippen LogP contribution in [0.2, 0.25) is 0 Å². The summed E-state index contributed by atoms with van der Waals surface area (Å²) in [6.45, 7) is 1.57. The van der Waals surface area contributed by atoms with Crippen LogP contribution < -0.4 is 14.9 Å². The monoisotopic (exact) mass is 414 g/mol. The van der Waals surface area contributed by atoms with Gasteiger partial charge >= 0.3 is 0 Å². The topological polar surface area (TPSA) is 119 Å². The van der Waals surface area contributed by atoms with E-state index >= 15 is 0 Å². The Morgan fingerprint density at radius 3 is 2.33 bits per heavy atom. The molecule has 1 aliphatic heterocycles. The molecule has 158 valence electrons. The summed E-state index contributed by atoms with van der Waals surface area (Å²) in [6, 6.07) is 11.7. The molecule has 3 aromatic rings. The van der Waals surface area contributed by atoms with Crippen LogP contribution in [0.4, 0.5) is 0 Å². The number of hydrogen-bond donors (Lipinski definition) is 3. The predicted molar refractivity (Wildman–Crippen MR) is 107 cm³/mol. The molecule has 2 unspecified atom stereocenters. The number of rotatable bonds is 4. The van der Waals surface area contributed by atoms with Gasteiger partial charge in [-0.3, -0.25) is 4.79 Å². The normalized spacial score (nSPS) is 26.5. The number of aliphatic hydroxyl groups excluding tert-OH is 3. The molecule has 4 rings (SSSR count). The Bertz CT molecular complexity index is 1090. The fraction of sp³-hybridized carbons (Fsp3) is 0.318. The SMILES string of the molecule is COc1ccc(-c2coc3cc(O[C@@H]4OC(C)[C@H](O)[C@H](O)C4O)ccc3c2=O)cc1. The third-order valence-electron chi connectivity index (χ3n) is 5.21. The third kappa shape index (κ3) is 3.66. The van der Waals surface area contributed by atoms with Crippen molar-refractivity contribution in [2.75, 3.05) is 7.11 Å². The van der Waals surface area contributed by atoms with Crippen molar-refractivity contribution >= 4 is 11.0 Å². The first-order chi connectivity index (χ1) is 14.4. The van der Waals surface area contributed by atoms with Crippen LogP contribution in [0.25, 0.3) is 22.1 Å². The highest BCUT2D eigenvalue weighted by Gasteiger charge is 2.43. The van der Waals surface area contributed by atoms with Crippen molar-refractivity contribution in [2.24, 2.45) is 0 Å². The molecule has 3 N–H and O–H groups in total. The maximum atomic E-state index is 12.9. The van der Waals surface area contributed by atoms with E-state index in [4.69, 9.17) is 18.6 Å². The lowest BCUT2D eigenvalue weighted by molar-refractivity contribution is -0.268. The van der Waals surface area contributed by atoms with E-state index in [2.05, 4.69) is 0 Å². The Balaban J connectivity index is 1.61. The highest BCUT2D eigenvalue weighted by molar-refractivity contribution is 5.82. The van der Waals surface area contributed by atoms with E-state index in [0.717, 1.165) is 0 Å². The molecule has 0 amide bonds. The Hall–Kier alpha value is -2.91. The van der Waals surface area contributed by atoms with Crippen molar-refractivity contribution in [1.29, 1.82) is 0 Å². The number of aliphatic hydroxyl groups is 3. The number of benzene rings is 2. The highest BCUT2D eigenvalue weighted by atomic mass is 16.7.